The van der Waals surface area contributed by atoms with Crippen molar-refractivity contribution in [2.24, 2.45) is 0 Å². The van der Waals surface area contributed by atoms with Crippen LogP contribution in [0.5, 0.6) is 0 Å². The van der Waals surface area contributed by atoms with Crippen LogP contribution < -0.4 is 0 Å². The molecule has 2 nitrogen and oxygen atoms in total. The van der Waals surface area contributed by atoms with Crippen molar-refractivity contribution in [3.05, 3.63) is 0 Å². The van der Waals surface area contributed by atoms with Gasteiger partial charge < -0.3 is 9.47 Å². The second-order valence-electron chi connectivity index (χ2n) is 4.12. The maximum absolute atomic E-state index is 5.64. The van der Waals surface area contributed by atoms with E-state index in [1.165, 1.54) is 32.1 Å². The van der Waals surface area contributed by atoms with Gasteiger partial charge in [0.2, 0.25) is 0 Å². The highest BCUT2D eigenvalue weighted by Crippen LogP contribution is 2.14. The van der Waals surface area contributed by atoms with Crippen molar-refractivity contribution in [1.82, 2.24) is 0 Å². The molecule has 0 amide bonds. The zero-order valence-corrected chi connectivity index (χ0v) is 10.3. The minimum atomic E-state index is 0.0848. The van der Waals surface area contributed by atoms with Crippen molar-refractivity contribution in [2.45, 2.75) is 57.7 Å². The molecule has 1 rings (SSSR count). The predicted octanol–water partition coefficient (Wildman–Crippen LogP) is 3.72. The minimum absolute atomic E-state index is 0.0848. The molecule has 0 spiro atoms. The maximum atomic E-state index is 5.64. The molecule has 1 aliphatic rings. The largest absolute Gasteiger partial charge is 0.353 e. The van der Waals surface area contributed by atoms with Gasteiger partial charge in [-0.3, -0.25) is 0 Å². The zero-order valence-electron chi connectivity index (χ0n) is 9.55. The Balaban J connectivity index is 1.79. The van der Waals surface area contributed by atoms with E-state index in [0.29, 0.717) is 0 Å². The lowest BCUT2D eigenvalue weighted by atomic mass is 10.1. The van der Waals surface area contributed by atoms with E-state index < -0.39 is 0 Å². The van der Waals surface area contributed by atoms with Crippen LogP contribution in [0.2, 0.25) is 0 Å². The fourth-order valence-electron chi connectivity index (χ4n) is 1.78. The van der Waals surface area contributed by atoms with Crippen LogP contribution in [-0.4, -0.2) is 25.4 Å². The molecule has 0 aromatic carbocycles. The first-order valence-corrected chi connectivity index (χ1v) is 6.76. The monoisotopic (exact) mass is 234 g/mol. The molecule has 0 unspecified atom stereocenters. The summed E-state index contributed by atoms with van der Waals surface area (Å²) in [7, 11) is 0. The van der Waals surface area contributed by atoms with Gasteiger partial charge in [0.1, 0.15) is 0 Å². The lowest BCUT2D eigenvalue weighted by Crippen LogP contribution is -2.22. The molecule has 0 aromatic rings. The molecule has 90 valence electrons. The van der Waals surface area contributed by atoms with E-state index in [2.05, 4.69) is 0 Å². The van der Waals surface area contributed by atoms with Gasteiger partial charge in [0.15, 0.2) is 6.29 Å². The molecular formula is C12H23ClO2. The zero-order chi connectivity index (χ0) is 10.8. The van der Waals surface area contributed by atoms with E-state index in [9.17, 15) is 0 Å². The van der Waals surface area contributed by atoms with Crippen LogP contribution in [0.1, 0.15) is 51.4 Å². The Morgan fingerprint density at radius 1 is 1.07 bits per heavy atom. The predicted molar refractivity (Wildman–Crippen MR) is 63.3 cm³/mol. The van der Waals surface area contributed by atoms with Gasteiger partial charge in [0.05, 0.1) is 0 Å². The lowest BCUT2D eigenvalue weighted by molar-refractivity contribution is -0.162. The highest BCUT2D eigenvalue weighted by atomic mass is 35.5. The molecular weight excluding hydrogens is 212 g/mol. The summed E-state index contributed by atoms with van der Waals surface area (Å²) in [5.41, 5.74) is 0. The molecule has 0 aromatic heterocycles. The summed E-state index contributed by atoms with van der Waals surface area (Å²) in [5, 5.41) is 0. The Labute approximate surface area is 98.3 Å². The minimum Gasteiger partial charge on any atom is -0.353 e. The lowest BCUT2D eigenvalue weighted by Gasteiger charge is -2.22. The van der Waals surface area contributed by atoms with Gasteiger partial charge in [0.25, 0.3) is 0 Å². The average molecular weight is 235 g/mol. The first-order chi connectivity index (χ1) is 7.43. The van der Waals surface area contributed by atoms with Crippen LogP contribution in [0.4, 0.5) is 0 Å². The molecule has 1 heterocycles. The van der Waals surface area contributed by atoms with Gasteiger partial charge in [0, 0.05) is 19.1 Å². The van der Waals surface area contributed by atoms with Crippen molar-refractivity contribution < 1.29 is 9.47 Å². The molecule has 0 radical (unpaired) electrons. The van der Waals surface area contributed by atoms with E-state index >= 15 is 0 Å². The Bertz CT molecular complexity index is 136. The first-order valence-electron chi connectivity index (χ1n) is 6.22. The highest BCUT2D eigenvalue weighted by molar-refractivity contribution is 6.17. The Hall–Kier alpha value is 0.210. The molecule has 0 aliphatic carbocycles. The molecule has 1 fully saturated rings. The number of unbranched alkanes of at least 4 members (excludes halogenated alkanes) is 4. The molecule has 1 atom stereocenters. The number of alkyl halides is 1. The summed E-state index contributed by atoms with van der Waals surface area (Å²) >= 11 is 5.60. The van der Waals surface area contributed by atoms with E-state index in [1.807, 2.05) is 0 Å². The number of ether oxygens (including phenoxy) is 2. The third kappa shape index (κ3) is 7.15. The smallest absolute Gasteiger partial charge is 0.157 e. The van der Waals surface area contributed by atoms with Crippen LogP contribution in [0.25, 0.3) is 0 Å². The molecule has 1 aliphatic heterocycles. The van der Waals surface area contributed by atoms with Crippen LogP contribution in [0, 0.1) is 0 Å². The SMILES string of the molecule is ClCCCCCCCO[C@H]1CCCCO1. The van der Waals surface area contributed by atoms with Gasteiger partial charge in [-0.2, -0.15) is 0 Å². The summed E-state index contributed by atoms with van der Waals surface area (Å²) in [5.74, 6) is 0.798. The summed E-state index contributed by atoms with van der Waals surface area (Å²) in [4.78, 5) is 0. The third-order valence-corrected chi connectivity index (χ3v) is 2.99. The number of rotatable bonds is 8. The fraction of sp³-hybridized carbons (Fsp3) is 1.00. The summed E-state index contributed by atoms with van der Waals surface area (Å²) in [6.45, 7) is 1.73. The quantitative estimate of drug-likeness (QED) is 0.471. The highest BCUT2D eigenvalue weighted by Gasteiger charge is 2.12. The Kier molecular flexibility index (Phi) is 8.35. The molecule has 1 saturated heterocycles. The van der Waals surface area contributed by atoms with Crippen LogP contribution >= 0.6 is 11.6 Å². The summed E-state index contributed by atoms with van der Waals surface area (Å²) in [6.07, 6.45) is 9.69. The van der Waals surface area contributed by atoms with Gasteiger partial charge in [-0.15, -0.1) is 11.6 Å². The standard InChI is InChI=1S/C12H23ClO2/c13-9-5-2-1-3-6-10-14-12-8-4-7-11-15-12/h12H,1-11H2/t12-/m1/s1. The molecule has 15 heavy (non-hydrogen) atoms. The van der Waals surface area contributed by atoms with E-state index in [4.69, 9.17) is 21.1 Å². The molecule has 0 bridgehead atoms. The number of halogens is 1. The molecule has 0 N–H and O–H groups in total. The van der Waals surface area contributed by atoms with E-state index in [1.54, 1.807) is 0 Å². The maximum Gasteiger partial charge on any atom is 0.157 e. The first kappa shape index (κ1) is 13.3. The van der Waals surface area contributed by atoms with Crippen LogP contribution in [0.3, 0.4) is 0 Å². The average Bonchev–Trinajstić information content (AvgIpc) is 2.29. The van der Waals surface area contributed by atoms with Crippen molar-refractivity contribution in [1.29, 1.82) is 0 Å². The van der Waals surface area contributed by atoms with Gasteiger partial charge in [-0.25, -0.2) is 0 Å². The fourth-order valence-corrected chi connectivity index (χ4v) is 1.97. The molecule has 0 saturated carbocycles. The Morgan fingerprint density at radius 3 is 2.60 bits per heavy atom. The summed E-state index contributed by atoms with van der Waals surface area (Å²) in [6, 6.07) is 0. The topological polar surface area (TPSA) is 18.5 Å². The number of hydrogen-bond donors (Lipinski definition) is 0. The summed E-state index contributed by atoms with van der Waals surface area (Å²) < 4.78 is 11.1. The van der Waals surface area contributed by atoms with Crippen molar-refractivity contribution >= 4 is 11.6 Å². The van der Waals surface area contributed by atoms with Gasteiger partial charge in [-0.05, 0) is 32.1 Å². The second kappa shape index (κ2) is 9.44. The Morgan fingerprint density at radius 2 is 1.87 bits per heavy atom. The van der Waals surface area contributed by atoms with Crippen molar-refractivity contribution in [3.63, 3.8) is 0 Å². The van der Waals surface area contributed by atoms with Crippen molar-refractivity contribution in [3.8, 4) is 0 Å². The van der Waals surface area contributed by atoms with Gasteiger partial charge >= 0.3 is 0 Å². The third-order valence-electron chi connectivity index (χ3n) is 2.72. The van der Waals surface area contributed by atoms with E-state index in [0.717, 1.165) is 38.4 Å². The second-order valence-corrected chi connectivity index (χ2v) is 4.50. The van der Waals surface area contributed by atoms with Crippen LogP contribution in [0.15, 0.2) is 0 Å². The molecule has 3 heteroatoms. The number of hydrogen-bond acceptors (Lipinski definition) is 2. The van der Waals surface area contributed by atoms with Crippen molar-refractivity contribution in [2.75, 3.05) is 19.1 Å². The van der Waals surface area contributed by atoms with Gasteiger partial charge in [-0.1, -0.05) is 19.3 Å². The van der Waals surface area contributed by atoms with Crippen LogP contribution in [-0.2, 0) is 9.47 Å². The normalized spacial score (nSPS) is 21.8. The van der Waals surface area contributed by atoms with E-state index in [-0.39, 0.29) is 6.29 Å².